The van der Waals surface area contributed by atoms with Crippen molar-refractivity contribution >= 4 is 28.5 Å². The van der Waals surface area contributed by atoms with Crippen molar-refractivity contribution in [2.45, 2.75) is 33.7 Å². The van der Waals surface area contributed by atoms with Gasteiger partial charge in [0.05, 0.1) is 5.57 Å². The first-order valence-corrected chi connectivity index (χ1v) is 10.4. The fourth-order valence-corrected chi connectivity index (χ4v) is 4.71. The molecule has 0 saturated carbocycles. The summed E-state index contributed by atoms with van der Waals surface area (Å²) in [6, 6.07) is 14.0. The molecule has 152 valence electrons. The number of amides is 1. The van der Waals surface area contributed by atoms with E-state index in [1.807, 2.05) is 19.1 Å². The van der Waals surface area contributed by atoms with Crippen LogP contribution in [0.1, 0.15) is 38.3 Å². The van der Waals surface area contributed by atoms with Crippen LogP contribution in [-0.4, -0.2) is 23.9 Å². The molecule has 5 heteroatoms. The van der Waals surface area contributed by atoms with Gasteiger partial charge in [0.25, 0.3) is 5.91 Å². The number of nitrogen functional groups attached to an aromatic ring is 1. The van der Waals surface area contributed by atoms with Crippen molar-refractivity contribution in [1.29, 1.82) is 0 Å². The lowest BCUT2D eigenvalue weighted by Crippen LogP contribution is -2.38. The summed E-state index contributed by atoms with van der Waals surface area (Å²) in [5.74, 6) is 1.44. The van der Waals surface area contributed by atoms with Crippen molar-refractivity contribution in [3.8, 4) is 0 Å². The SMILES string of the molecule is C/C(Nc1ccc(CN2CC(C)CC(C)C2)cc1)=C1/C(=O)Nc2ccc(N)cc21. The summed E-state index contributed by atoms with van der Waals surface area (Å²) in [6.07, 6.45) is 1.33. The van der Waals surface area contributed by atoms with Crippen LogP contribution in [0.2, 0.25) is 0 Å². The molecule has 2 heterocycles. The van der Waals surface area contributed by atoms with Gasteiger partial charge in [-0.1, -0.05) is 26.0 Å². The smallest absolute Gasteiger partial charge is 0.258 e. The van der Waals surface area contributed by atoms with Gasteiger partial charge in [-0.05, 0) is 61.1 Å². The fourth-order valence-electron chi connectivity index (χ4n) is 4.71. The molecule has 0 radical (unpaired) electrons. The number of piperidine rings is 1. The quantitative estimate of drug-likeness (QED) is 0.529. The molecule has 0 spiro atoms. The van der Waals surface area contributed by atoms with Crippen molar-refractivity contribution in [3.05, 3.63) is 59.3 Å². The van der Waals surface area contributed by atoms with Gasteiger partial charge in [0.1, 0.15) is 0 Å². The number of nitrogens with two attached hydrogens (primary N) is 1. The number of anilines is 3. The predicted molar refractivity (Wildman–Crippen MR) is 120 cm³/mol. The second-order valence-corrected chi connectivity index (χ2v) is 8.72. The fraction of sp³-hybridized carbons (Fsp3) is 0.375. The zero-order valence-corrected chi connectivity index (χ0v) is 17.5. The van der Waals surface area contributed by atoms with Crippen LogP contribution in [0.4, 0.5) is 17.1 Å². The highest BCUT2D eigenvalue weighted by Gasteiger charge is 2.26. The maximum absolute atomic E-state index is 12.4. The van der Waals surface area contributed by atoms with E-state index in [-0.39, 0.29) is 5.91 Å². The van der Waals surface area contributed by atoms with Gasteiger partial charge in [0.2, 0.25) is 0 Å². The molecule has 1 fully saturated rings. The molecule has 2 aliphatic rings. The number of carbonyl (C=O) groups is 1. The summed E-state index contributed by atoms with van der Waals surface area (Å²) in [6.45, 7) is 9.95. The Morgan fingerprint density at radius 3 is 2.52 bits per heavy atom. The number of nitrogens with one attached hydrogen (secondary N) is 2. The zero-order valence-electron chi connectivity index (χ0n) is 17.5. The minimum Gasteiger partial charge on any atom is -0.399 e. The molecular formula is C24H30N4O. The third kappa shape index (κ3) is 4.30. The summed E-state index contributed by atoms with van der Waals surface area (Å²) >= 11 is 0. The van der Waals surface area contributed by atoms with E-state index in [1.165, 1.54) is 25.1 Å². The van der Waals surface area contributed by atoms with Crippen LogP contribution >= 0.6 is 0 Å². The van der Waals surface area contributed by atoms with Crippen LogP contribution in [0.5, 0.6) is 0 Å². The van der Waals surface area contributed by atoms with Gasteiger partial charge in [-0.2, -0.15) is 0 Å². The first kappa shape index (κ1) is 19.5. The highest BCUT2D eigenvalue weighted by molar-refractivity contribution is 6.32. The number of allylic oxidation sites excluding steroid dienone is 1. The van der Waals surface area contributed by atoms with Gasteiger partial charge in [-0.15, -0.1) is 0 Å². The number of hydrogen-bond donors (Lipinski definition) is 3. The first-order chi connectivity index (χ1) is 13.9. The van der Waals surface area contributed by atoms with E-state index < -0.39 is 0 Å². The largest absolute Gasteiger partial charge is 0.399 e. The molecular weight excluding hydrogens is 360 g/mol. The number of fused-ring (bicyclic) bond motifs is 1. The van der Waals surface area contributed by atoms with E-state index >= 15 is 0 Å². The average Bonchev–Trinajstić information content (AvgIpc) is 2.97. The Bertz CT molecular complexity index is 938. The monoisotopic (exact) mass is 390 g/mol. The number of carbonyl (C=O) groups excluding carboxylic acids is 1. The maximum Gasteiger partial charge on any atom is 0.258 e. The van der Waals surface area contributed by atoms with E-state index in [1.54, 1.807) is 6.07 Å². The van der Waals surface area contributed by atoms with Crippen molar-refractivity contribution in [2.24, 2.45) is 11.8 Å². The third-order valence-electron chi connectivity index (χ3n) is 5.80. The molecule has 5 nitrogen and oxygen atoms in total. The molecule has 29 heavy (non-hydrogen) atoms. The molecule has 2 aromatic rings. The molecule has 0 aromatic heterocycles. The van der Waals surface area contributed by atoms with Crippen LogP contribution in [-0.2, 0) is 11.3 Å². The van der Waals surface area contributed by atoms with E-state index in [9.17, 15) is 4.79 Å². The van der Waals surface area contributed by atoms with Gasteiger partial charge in [0, 0.05) is 48.0 Å². The molecule has 2 aromatic carbocycles. The molecule has 0 bridgehead atoms. The molecule has 1 saturated heterocycles. The van der Waals surface area contributed by atoms with Gasteiger partial charge < -0.3 is 16.4 Å². The molecule has 0 aliphatic carbocycles. The van der Waals surface area contributed by atoms with Crippen molar-refractivity contribution in [1.82, 2.24) is 4.90 Å². The van der Waals surface area contributed by atoms with Crippen molar-refractivity contribution in [3.63, 3.8) is 0 Å². The zero-order chi connectivity index (χ0) is 20.5. The normalized spacial score (nSPS) is 23.5. The lowest BCUT2D eigenvalue weighted by molar-refractivity contribution is -0.110. The predicted octanol–water partition coefficient (Wildman–Crippen LogP) is 4.54. The number of rotatable bonds is 4. The second kappa shape index (κ2) is 7.91. The maximum atomic E-state index is 12.4. The van der Waals surface area contributed by atoms with Crippen molar-refractivity contribution < 1.29 is 4.79 Å². The number of likely N-dealkylation sites (tertiary alicyclic amines) is 1. The molecule has 2 unspecified atom stereocenters. The van der Waals surface area contributed by atoms with Crippen LogP contribution in [0, 0.1) is 11.8 Å². The van der Waals surface area contributed by atoms with E-state index in [0.29, 0.717) is 11.3 Å². The Morgan fingerprint density at radius 2 is 1.83 bits per heavy atom. The Balaban J connectivity index is 1.47. The third-order valence-corrected chi connectivity index (χ3v) is 5.80. The topological polar surface area (TPSA) is 70.4 Å². The van der Waals surface area contributed by atoms with Gasteiger partial charge >= 0.3 is 0 Å². The highest BCUT2D eigenvalue weighted by Crippen LogP contribution is 2.35. The van der Waals surface area contributed by atoms with E-state index in [4.69, 9.17) is 5.73 Å². The number of benzene rings is 2. The summed E-state index contributed by atoms with van der Waals surface area (Å²) in [4.78, 5) is 15.0. The Labute approximate surface area is 173 Å². The number of nitrogens with zero attached hydrogens (tertiary/aromatic N) is 1. The first-order valence-electron chi connectivity index (χ1n) is 10.4. The Hall–Kier alpha value is -2.79. The molecule has 2 atom stereocenters. The average molecular weight is 391 g/mol. The summed E-state index contributed by atoms with van der Waals surface area (Å²) in [5.41, 5.74) is 12.0. The Morgan fingerprint density at radius 1 is 1.14 bits per heavy atom. The van der Waals surface area contributed by atoms with Gasteiger partial charge in [-0.25, -0.2) is 0 Å². The van der Waals surface area contributed by atoms with Crippen LogP contribution in [0.25, 0.3) is 5.57 Å². The van der Waals surface area contributed by atoms with Crippen LogP contribution < -0.4 is 16.4 Å². The molecule has 2 aliphatic heterocycles. The van der Waals surface area contributed by atoms with Gasteiger partial charge in [-0.3, -0.25) is 9.69 Å². The molecule has 4 N–H and O–H groups in total. The minimum absolute atomic E-state index is 0.0967. The standard InChI is InChI=1S/C24H30N4O/c1-15-10-16(2)13-28(12-15)14-18-4-7-20(8-5-18)26-17(3)23-21-11-19(25)6-9-22(21)27-24(23)29/h4-9,11,15-16,26H,10,12-14,25H2,1-3H3,(H,27,29)/b23-17-. The minimum atomic E-state index is -0.0967. The van der Waals surface area contributed by atoms with E-state index in [2.05, 4.69) is 53.6 Å². The van der Waals surface area contributed by atoms with E-state index in [0.717, 1.165) is 41.0 Å². The molecule has 4 rings (SSSR count). The van der Waals surface area contributed by atoms with Gasteiger partial charge in [0.15, 0.2) is 0 Å². The summed E-state index contributed by atoms with van der Waals surface area (Å²) < 4.78 is 0. The number of hydrogen-bond acceptors (Lipinski definition) is 4. The molecule has 1 amide bonds. The lowest BCUT2D eigenvalue weighted by atomic mass is 9.91. The highest BCUT2D eigenvalue weighted by atomic mass is 16.2. The summed E-state index contributed by atoms with van der Waals surface area (Å²) in [7, 11) is 0. The summed E-state index contributed by atoms with van der Waals surface area (Å²) in [5, 5.41) is 6.29. The lowest BCUT2D eigenvalue weighted by Gasteiger charge is -2.35. The Kier molecular flexibility index (Phi) is 5.33. The second-order valence-electron chi connectivity index (χ2n) is 8.72. The van der Waals surface area contributed by atoms with Crippen LogP contribution in [0.15, 0.2) is 48.2 Å². The van der Waals surface area contributed by atoms with Crippen LogP contribution in [0.3, 0.4) is 0 Å². The van der Waals surface area contributed by atoms with Crippen molar-refractivity contribution in [2.75, 3.05) is 29.5 Å².